The van der Waals surface area contributed by atoms with E-state index in [1.807, 2.05) is 0 Å². The van der Waals surface area contributed by atoms with Crippen molar-refractivity contribution in [2.45, 2.75) is 43.0 Å². The highest BCUT2D eigenvalue weighted by Gasteiger charge is 2.36. The molecule has 0 radical (unpaired) electrons. The first-order valence-corrected chi connectivity index (χ1v) is 9.07. The zero-order valence-electron chi connectivity index (χ0n) is 12.9. The van der Waals surface area contributed by atoms with E-state index in [2.05, 4.69) is 10.1 Å². The lowest BCUT2D eigenvalue weighted by molar-refractivity contribution is 0.372. The summed E-state index contributed by atoms with van der Waals surface area (Å²) in [5, 5.41) is 3.99. The smallest absolute Gasteiger partial charge is 0.259 e. The van der Waals surface area contributed by atoms with Crippen LogP contribution in [0.4, 0.5) is 0 Å². The van der Waals surface area contributed by atoms with Crippen molar-refractivity contribution in [3.8, 4) is 11.5 Å². The average Bonchev–Trinajstić information content (AvgIpc) is 3.17. The molecule has 2 aromatic rings. The van der Waals surface area contributed by atoms with Crippen LogP contribution in [0.25, 0.3) is 11.5 Å². The second-order valence-corrected chi connectivity index (χ2v) is 7.93. The maximum atomic E-state index is 12.2. The van der Waals surface area contributed by atoms with E-state index in [1.165, 1.54) is 0 Å². The molecule has 2 N–H and O–H groups in total. The molecule has 1 aromatic heterocycles. The van der Waals surface area contributed by atoms with Crippen molar-refractivity contribution in [2.24, 2.45) is 5.73 Å². The maximum Gasteiger partial charge on any atom is 0.259 e. The third kappa shape index (κ3) is 3.27. The van der Waals surface area contributed by atoms with Crippen molar-refractivity contribution in [3.63, 3.8) is 0 Å². The number of benzene rings is 1. The van der Waals surface area contributed by atoms with E-state index >= 15 is 0 Å². The zero-order valence-corrected chi connectivity index (χ0v) is 14.5. The molecule has 0 bridgehead atoms. The quantitative estimate of drug-likeness (QED) is 0.903. The van der Waals surface area contributed by atoms with Gasteiger partial charge in [0.1, 0.15) is 0 Å². The van der Waals surface area contributed by atoms with Crippen LogP contribution >= 0.6 is 12.4 Å². The molecule has 1 heterocycles. The fourth-order valence-electron chi connectivity index (χ4n) is 2.83. The van der Waals surface area contributed by atoms with Crippen LogP contribution in [-0.4, -0.2) is 24.3 Å². The standard InChI is InChI=1S/C15H19N3O3S.ClH/c1-2-22(19,20)12-8-4-3-7-11(12)13-17-14(18-21-13)15(16)9-5-6-10-15;/h3-4,7-8H,2,5-6,9-10,16H2,1H3;1H. The summed E-state index contributed by atoms with van der Waals surface area (Å²) in [5.74, 6) is 0.689. The highest BCUT2D eigenvalue weighted by Crippen LogP contribution is 2.36. The van der Waals surface area contributed by atoms with E-state index in [0.29, 0.717) is 11.4 Å². The number of nitrogens with two attached hydrogens (primary N) is 1. The lowest BCUT2D eigenvalue weighted by Gasteiger charge is -2.17. The molecule has 0 saturated heterocycles. The molecule has 1 fully saturated rings. The molecule has 0 aliphatic heterocycles. The summed E-state index contributed by atoms with van der Waals surface area (Å²) in [5.41, 5.74) is 6.20. The van der Waals surface area contributed by atoms with Gasteiger partial charge in [0.25, 0.3) is 5.89 Å². The first-order chi connectivity index (χ1) is 10.5. The topological polar surface area (TPSA) is 99.1 Å². The Morgan fingerprint density at radius 3 is 2.57 bits per heavy atom. The van der Waals surface area contributed by atoms with Gasteiger partial charge in [0, 0.05) is 0 Å². The summed E-state index contributed by atoms with van der Waals surface area (Å²) in [6, 6.07) is 6.68. The average molecular weight is 358 g/mol. The third-order valence-corrected chi connectivity index (χ3v) is 5.99. The van der Waals surface area contributed by atoms with Crippen LogP contribution in [0.2, 0.25) is 0 Å². The number of hydrogen-bond acceptors (Lipinski definition) is 6. The van der Waals surface area contributed by atoms with Gasteiger partial charge in [0.05, 0.1) is 21.8 Å². The minimum Gasteiger partial charge on any atom is -0.334 e. The van der Waals surface area contributed by atoms with Crippen molar-refractivity contribution >= 4 is 22.2 Å². The lowest BCUT2D eigenvalue weighted by atomic mass is 9.99. The number of aromatic nitrogens is 2. The fraction of sp³-hybridized carbons (Fsp3) is 0.467. The highest BCUT2D eigenvalue weighted by molar-refractivity contribution is 7.91. The molecule has 0 atom stereocenters. The molecule has 0 unspecified atom stereocenters. The minimum atomic E-state index is -3.36. The minimum absolute atomic E-state index is 0. The number of rotatable bonds is 4. The Hall–Kier alpha value is -1.44. The normalized spacial score (nSPS) is 17.0. The van der Waals surface area contributed by atoms with Crippen molar-refractivity contribution in [1.29, 1.82) is 0 Å². The molecule has 0 spiro atoms. The molecule has 0 amide bonds. The Labute approximate surface area is 141 Å². The monoisotopic (exact) mass is 357 g/mol. The third-order valence-electron chi connectivity index (χ3n) is 4.20. The summed E-state index contributed by atoms with van der Waals surface area (Å²) in [7, 11) is -3.36. The second-order valence-electron chi connectivity index (χ2n) is 5.69. The number of sulfone groups is 1. The summed E-state index contributed by atoms with van der Waals surface area (Å²) in [6.45, 7) is 1.61. The van der Waals surface area contributed by atoms with Crippen LogP contribution in [0.5, 0.6) is 0 Å². The largest absolute Gasteiger partial charge is 0.334 e. The van der Waals surface area contributed by atoms with Crippen LogP contribution in [0.1, 0.15) is 38.4 Å². The molecule has 126 valence electrons. The van der Waals surface area contributed by atoms with Gasteiger partial charge < -0.3 is 10.3 Å². The van der Waals surface area contributed by atoms with E-state index in [1.54, 1.807) is 31.2 Å². The molecule has 23 heavy (non-hydrogen) atoms. The van der Waals surface area contributed by atoms with Crippen LogP contribution in [0, 0.1) is 0 Å². The van der Waals surface area contributed by atoms with Crippen molar-refractivity contribution in [1.82, 2.24) is 10.1 Å². The number of halogens is 1. The van der Waals surface area contributed by atoms with E-state index in [-0.39, 0.29) is 28.9 Å². The van der Waals surface area contributed by atoms with Gasteiger partial charge in [-0.3, -0.25) is 0 Å². The highest BCUT2D eigenvalue weighted by atomic mass is 35.5. The van der Waals surface area contributed by atoms with E-state index in [9.17, 15) is 8.42 Å². The van der Waals surface area contributed by atoms with Gasteiger partial charge in [0.2, 0.25) is 0 Å². The molecule has 3 rings (SSSR count). The summed E-state index contributed by atoms with van der Waals surface area (Å²) in [6.07, 6.45) is 3.73. The van der Waals surface area contributed by atoms with Gasteiger partial charge in [0.15, 0.2) is 15.7 Å². The Bertz CT molecular complexity index is 783. The number of hydrogen-bond donors (Lipinski definition) is 1. The van der Waals surface area contributed by atoms with E-state index < -0.39 is 15.4 Å². The van der Waals surface area contributed by atoms with Crippen molar-refractivity contribution in [2.75, 3.05) is 5.75 Å². The molecule has 1 saturated carbocycles. The molecular weight excluding hydrogens is 338 g/mol. The first kappa shape index (κ1) is 17.9. The molecular formula is C15H20ClN3O3S. The molecule has 6 nitrogen and oxygen atoms in total. The van der Waals surface area contributed by atoms with E-state index in [4.69, 9.17) is 10.3 Å². The SMILES string of the molecule is CCS(=O)(=O)c1ccccc1-c1nc(C2(N)CCCC2)no1.Cl. The summed E-state index contributed by atoms with van der Waals surface area (Å²) >= 11 is 0. The van der Waals surface area contributed by atoms with Crippen molar-refractivity contribution in [3.05, 3.63) is 30.1 Å². The Balaban J connectivity index is 0.00000192. The predicted octanol–water partition coefficient (Wildman–Crippen LogP) is 2.68. The van der Waals surface area contributed by atoms with Crippen LogP contribution in [0.3, 0.4) is 0 Å². The number of nitrogens with zero attached hydrogens (tertiary/aromatic N) is 2. The lowest BCUT2D eigenvalue weighted by Crippen LogP contribution is -2.34. The van der Waals surface area contributed by atoms with Gasteiger partial charge in [-0.25, -0.2) is 8.42 Å². The van der Waals surface area contributed by atoms with Gasteiger partial charge in [-0.2, -0.15) is 4.98 Å². The second kappa shape index (κ2) is 6.59. The van der Waals surface area contributed by atoms with Crippen LogP contribution in [0.15, 0.2) is 33.7 Å². The van der Waals surface area contributed by atoms with Crippen LogP contribution < -0.4 is 5.73 Å². The van der Waals surface area contributed by atoms with Gasteiger partial charge in [-0.1, -0.05) is 37.1 Å². The summed E-state index contributed by atoms with van der Waals surface area (Å²) in [4.78, 5) is 4.59. The summed E-state index contributed by atoms with van der Waals surface area (Å²) < 4.78 is 29.7. The Kier molecular flexibility index (Phi) is 5.13. The van der Waals surface area contributed by atoms with Gasteiger partial charge >= 0.3 is 0 Å². The first-order valence-electron chi connectivity index (χ1n) is 7.41. The van der Waals surface area contributed by atoms with Gasteiger partial charge in [-0.15, -0.1) is 12.4 Å². The zero-order chi connectivity index (χ0) is 15.8. The molecule has 1 aliphatic rings. The Morgan fingerprint density at radius 2 is 1.91 bits per heavy atom. The van der Waals surface area contributed by atoms with Crippen molar-refractivity contribution < 1.29 is 12.9 Å². The molecule has 1 aromatic carbocycles. The Morgan fingerprint density at radius 1 is 1.26 bits per heavy atom. The van der Waals surface area contributed by atoms with E-state index in [0.717, 1.165) is 25.7 Å². The van der Waals surface area contributed by atoms with Crippen LogP contribution in [-0.2, 0) is 15.4 Å². The molecule has 8 heteroatoms. The predicted molar refractivity (Wildman–Crippen MR) is 89.0 cm³/mol. The van der Waals surface area contributed by atoms with Gasteiger partial charge in [-0.05, 0) is 25.0 Å². The molecule has 1 aliphatic carbocycles. The maximum absolute atomic E-state index is 12.2. The fourth-order valence-corrected chi connectivity index (χ4v) is 3.92.